The van der Waals surface area contributed by atoms with Crippen LogP contribution in [0.5, 0.6) is 5.75 Å². The quantitative estimate of drug-likeness (QED) is 0.592. The van der Waals surface area contributed by atoms with Gasteiger partial charge in [0, 0.05) is 36.3 Å². The average molecular weight is 426 g/mol. The number of imidazole rings is 1. The number of halogens is 2. The molecule has 4 heterocycles. The van der Waals surface area contributed by atoms with Crippen molar-refractivity contribution in [3.63, 3.8) is 0 Å². The Balaban J connectivity index is 1.41. The van der Waals surface area contributed by atoms with Crippen LogP contribution in [0.1, 0.15) is 25.7 Å². The van der Waals surface area contributed by atoms with E-state index in [1.807, 2.05) is 11.9 Å². The first-order valence-corrected chi connectivity index (χ1v) is 10.5. The number of aromatic amines is 1. The molecule has 2 aromatic heterocycles. The Morgan fingerprint density at radius 3 is 2.74 bits per heavy atom. The highest BCUT2D eigenvalue weighted by Gasteiger charge is 2.41. The number of rotatable bonds is 4. The van der Waals surface area contributed by atoms with Gasteiger partial charge in [0.25, 0.3) is 0 Å². The zero-order valence-corrected chi connectivity index (χ0v) is 17.1. The molecule has 3 aromatic rings. The van der Waals surface area contributed by atoms with E-state index >= 15 is 4.39 Å². The molecule has 0 amide bonds. The van der Waals surface area contributed by atoms with Gasteiger partial charge in [-0.2, -0.15) is 0 Å². The minimum absolute atomic E-state index is 0.107. The Labute approximate surface area is 178 Å². The fourth-order valence-electron chi connectivity index (χ4n) is 4.74. The molecule has 0 radical (unpaired) electrons. The first kappa shape index (κ1) is 19.9. The third kappa shape index (κ3) is 3.63. The van der Waals surface area contributed by atoms with Crippen LogP contribution in [0.4, 0.5) is 14.6 Å². The van der Waals surface area contributed by atoms with Gasteiger partial charge in [0.05, 0.1) is 42.3 Å². The van der Waals surface area contributed by atoms with Gasteiger partial charge in [0.15, 0.2) is 0 Å². The lowest BCUT2D eigenvalue weighted by Crippen LogP contribution is -2.61. The molecule has 0 saturated carbocycles. The fourth-order valence-corrected chi connectivity index (χ4v) is 4.74. The molecule has 5 rings (SSSR count). The molecule has 2 saturated heterocycles. The molecule has 2 fully saturated rings. The third-order valence-corrected chi connectivity index (χ3v) is 6.44. The zero-order valence-electron chi connectivity index (χ0n) is 17.1. The van der Waals surface area contributed by atoms with Gasteiger partial charge in [-0.1, -0.05) is 6.42 Å². The van der Waals surface area contributed by atoms with Crippen LogP contribution in [-0.4, -0.2) is 56.4 Å². The monoisotopic (exact) mass is 426 g/mol. The van der Waals surface area contributed by atoms with E-state index in [0.717, 1.165) is 31.7 Å². The number of nitrogens with one attached hydrogen (secondary N) is 2. The molecule has 31 heavy (non-hydrogen) atoms. The van der Waals surface area contributed by atoms with Gasteiger partial charge in [0.1, 0.15) is 23.6 Å². The molecule has 1 aromatic carbocycles. The van der Waals surface area contributed by atoms with Crippen LogP contribution in [0, 0.1) is 5.82 Å². The second-order valence-electron chi connectivity index (χ2n) is 8.33. The van der Waals surface area contributed by atoms with Crippen LogP contribution >= 0.6 is 0 Å². The Morgan fingerprint density at radius 2 is 2.00 bits per heavy atom. The molecule has 0 spiro atoms. The van der Waals surface area contributed by atoms with Crippen molar-refractivity contribution < 1.29 is 13.9 Å². The number of hydrogen-bond donors (Lipinski definition) is 3. The normalized spacial score (nSPS) is 25.4. The second-order valence-corrected chi connectivity index (χ2v) is 8.33. The number of phenolic OH excluding ortho intramolecular Hbond substituents is 1. The second kappa shape index (κ2) is 7.88. The van der Waals surface area contributed by atoms with Gasteiger partial charge in [-0.3, -0.25) is 4.98 Å². The van der Waals surface area contributed by atoms with Crippen LogP contribution in [0.3, 0.4) is 0 Å². The van der Waals surface area contributed by atoms with Gasteiger partial charge < -0.3 is 20.3 Å². The minimum Gasteiger partial charge on any atom is -0.507 e. The summed E-state index contributed by atoms with van der Waals surface area (Å²) in [6.07, 6.45) is 8.79. The average Bonchev–Trinajstić information content (AvgIpc) is 3.31. The van der Waals surface area contributed by atoms with Gasteiger partial charge >= 0.3 is 0 Å². The first-order valence-electron chi connectivity index (χ1n) is 10.5. The smallest absolute Gasteiger partial charge is 0.147 e. The van der Waals surface area contributed by atoms with Crippen molar-refractivity contribution in [1.82, 2.24) is 25.3 Å². The Bertz CT molecular complexity index is 1060. The minimum atomic E-state index is -0.971. The molecule has 2 bridgehead atoms. The van der Waals surface area contributed by atoms with Crippen molar-refractivity contribution in [1.29, 1.82) is 0 Å². The number of phenols is 1. The van der Waals surface area contributed by atoms with Crippen LogP contribution in [0.25, 0.3) is 22.5 Å². The van der Waals surface area contributed by atoms with E-state index in [9.17, 15) is 9.50 Å². The lowest BCUT2D eigenvalue weighted by atomic mass is 9.82. The maximum absolute atomic E-state index is 15.0. The van der Waals surface area contributed by atoms with Crippen molar-refractivity contribution in [2.24, 2.45) is 0 Å². The van der Waals surface area contributed by atoms with Crippen LogP contribution < -0.4 is 10.2 Å². The van der Waals surface area contributed by atoms with Crippen molar-refractivity contribution >= 4 is 5.82 Å². The molecular formula is C22H24F2N6O. The molecule has 0 aliphatic carbocycles. The van der Waals surface area contributed by atoms with Gasteiger partial charge in [0.2, 0.25) is 0 Å². The summed E-state index contributed by atoms with van der Waals surface area (Å²) in [6, 6.07) is 2.53. The van der Waals surface area contributed by atoms with E-state index < -0.39 is 12.0 Å². The lowest BCUT2D eigenvalue weighted by Gasteiger charge is -2.46. The number of anilines is 1. The third-order valence-electron chi connectivity index (χ3n) is 6.44. The number of nitrogens with zero attached hydrogens (tertiary/aromatic N) is 4. The van der Waals surface area contributed by atoms with Gasteiger partial charge in [-0.25, -0.2) is 18.7 Å². The summed E-state index contributed by atoms with van der Waals surface area (Å²) in [7, 11) is 1.84. The highest BCUT2D eigenvalue weighted by Crippen LogP contribution is 2.35. The van der Waals surface area contributed by atoms with Crippen LogP contribution in [-0.2, 0) is 0 Å². The Kier molecular flexibility index (Phi) is 5.05. The number of aromatic hydroxyl groups is 1. The summed E-state index contributed by atoms with van der Waals surface area (Å²) in [5.74, 6) is -0.238. The summed E-state index contributed by atoms with van der Waals surface area (Å²) in [5.41, 5.74) is 1.52. The predicted molar refractivity (Wildman–Crippen MR) is 113 cm³/mol. The SMILES string of the molecule is CN(c1cnc(-c2cc(-c3cnc[nH]3)c(F)cc2O)cn1)[C@@H]1CC2CCC[C@H](N2)[C@@H]1F. The van der Waals surface area contributed by atoms with E-state index in [1.54, 1.807) is 6.20 Å². The Morgan fingerprint density at radius 1 is 1.13 bits per heavy atom. The molecule has 2 aliphatic heterocycles. The van der Waals surface area contributed by atoms with Crippen molar-refractivity contribution in [3.05, 3.63) is 42.9 Å². The molecule has 4 atom stereocenters. The molecule has 7 nitrogen and oxygen atoms in total. The number of aromatic nitrogens is 4. The lowest BCUT2D eigenvalue weighted by molar-refractivity contribution is 0.107. The van der Waals surface area contributed by atoms with Crippen molar-refractivity contribution in [2.75, 3.05) is 11.9 Å². The summed E-state index contributed by atoms with van der Waals surface area (Å²) in [6.45, 7) is 0. The maximum Gasteiger partial charge on any atom is 0.147 e. The summed E-state index contributed by atoms with van der Waals surface area (Å²) in [4.78, 5) is 17.5. The first-order chi connectivity index (χ1) is 15.0. The summed E-state index contributed by atoms with van der Waals surface area (Å²) < 4.78 is 29.4. The molecule has 9 heteroatoms. The standard InChI is InChI=1S/C22H24F2N6O/c1-30(19-5-12-3-2-4-16(29-12)22(19)24)21-10-26-18(9-27-21)14-6-13(15(23)7-20(14)31)17-8-25-11-28-17/h6-12,16,19,22,29,31H,2-5H2,1H3,(H,25,28)/t12?,16-,19+,22-/m0/s1. The van der Waals surface area contributed by atoms with E-state index in [1.165, 1.54) is 24.8 Å². The van der Waals surface area contributed by atoms with Gasteiger partial charge in [-0.15, -0.1) is 0 Å². The summed E-state index contributed by atoms with van der Waals surface area (Å²) >= 11 is 0. The summed E-state index contributed by atoms with van der Waals surface area (Å²) in [5, 5.41) is 13.7. The predicted octanol–water partition coefficient (Wildman–Crippen LogP) is 3.44. The van der Waals surface area contributed by atoms with E-state index in [4.69, 9.17) is 0 Å². The number of benzene rings is 1. The Hall–Kier alpha value is -3.07. The van der Waals surface area contributed by atoms with Crippen LogP contribution in [0.2, 0.25) is 0 Å². The number of hydrogen-bond acceptors (Lipinski definition) is 6. The molecule has 3 N–H and O–H groups in total. The van der Waals surface area contributed by atoms with Crippen molar-refractivity contribution in [2.45, 2.75) is 50.0 Å². The molecule has 1 unspecified atom stereocenters. The van der Waals surface area contributed by atoms with Gasteiger partial charge in [-0.05, 0) is 25.3 Å². The zero-order chi connectivity index (χ0) is 21.5. The molecule has 162 valence electrons. The largest absolute Gasteiger partial charge is 0.507 e. The van der Waals surface area contributed by atoms with E-state index in [0.29, 0.717) is 28.8 Å². The highest BCUT2D eigenvalue weighted by atomic mass is 19.1. The molecule has 2 aliphatic rings. The number of H-pyrrole nitrogens is 1. The fraction of sp³-hybridized carbons (Fsp3) is 0.409. The van der Waals surface area contributed by atoms with E-state index in [2.05, 4.69) is 25.3 Å². The van der Waals surface area contributed by atoms with Crippen LogP contribution in [0.15, 0.2) is 37.1 Å². The highest BCUT2D eigenvalue weighted by molar-refractivity contribution is 5.74. The molecular weight excluding hydrogens is 402 g/mol. The number of fused-ring (bicyclic) bond motifs is 2. The van der Waals surface area contributed by atoms with E-state index in [-0.39, 0.29) is 23.4 Å². The van der Waals surface area contributed by atoms with Crippen molar-refractivity contribution in [3.8, 4) is 28.3 Å². The number of piperidine rings is 2. The number of alkyl halides is 1. The topological polar surface area (TPSA) is 90.0 Å². The maximum atomic E-state index is 15.0.